The van der Waals surface area contributed by atoms with Crippen LogP contribution in [0, 0.1) is 18.7 Å². The molecule has 1 aromatic carbocycles. The summed E-state index contributed by atoms with van der Waals surface area (Å²) in [7, 11) is 0. The van der Waals surface area contributed by atoms with Gasteiger partial charge in [0.25, 0.3) is 5.91 Å². The summed E-state index contributed by atoms with van der Waals surface area (Å²) in [6, 6.07) is 6.05. The second-order valence-electron chi connectivity index (χ2n) is 5.64. The number of hydrogen-bond donors (Lipinski definition) is 3. The molecular formula is C16H18FN3O2S. The van der Waals surface area contributed by atoms with Gasteiger partial charge in [-0.3, -0.25) is 4.79 Å². The molecular weight excluding hydrogens is 317 g/mol. The minimum atomic E-state index is -0.423. The van der Waals surface area contributed by atoms with E-state index in [0.717, 1.165) is 5.56 Å². The first-order valence-electron chi connectivity index (χ1n) is 7.45. The van der Waals surface area contributed by atoms with Crippen LogP contribution in [0.25, 0.3) is 10.6 Å². The van der Waals surface area contributed by atoms with Crippen molar-refractivity contribution in [1.82, 2.24) is 15.6 Å². The maximum absolute atomic E-state index is 13.0. The van der Waals surface area contributed by atoms with Gasteiger partial charge in [0.1, 0.15) is 15.7 Å². The van der Waals surface area contributed by atoms with Gasteiger partial charge in [0.2, 0.25) is 0 Å². The van der Waals surface area contributed by atoms with Crippen LogP contribution in [0.3, 0.4) is 0 Å². The SMILES string of the molecule is Cc1nc(-c2ccc(F)cc2)sc1C(=O)NCC1CNCC1O. The third kappa shape index (κ3) is 3.57. The number of aryl methyl sites for hydroxylation is 1. The van der Waals surface area contributed by atoms with Gasteiger partial charge in [0, 0.05) is 31.1 Å². The van der Waals surface area contributed by atoms with Gasteiger partial charge in [-0.15, -0.1) is 11.3 Å². The molecule has 1 aromatic heterocycles. The lowest BCUT2D eigenvalue weighted by molar-refractivity contribution is 0.0930. The van der Waals surface area contributed by atoms with Crippen molar-refractivity contribution in [2.75, 3.05) is 19.6 Å². The predicted molar refractivity (Wildman–Crippen MR) is 86.9 cm³/mol. The molecule has 0 bridgehead atoms. The average Bonchev–Trinajstić information content (AvgIpc) is 3.11. The number of aliphatic hydroxyl groups excluding tert-OH is 1. The normalized spacial score (nSPS) is 20.7. The van der Waals surface area contributed by atoms with Gasteiger partial charge in [-0.2, -0.15) is 0 Å². The number of rotatable bonds is 4. The Hall–Kier alpha value is -1.83. The molecule has 0 spiro atoms. The van der Waals surface area contributed by atoms with Gasteiger partial charge in [0.05, 0.1) is 11.8 Å². The predicted octanol–water partition coefficient (Wildman–Crippen LogP) is 1.57. The van der Waals surface area contributed by atoms with Crippen LogP contribution in [0.4, 0.5) is 4.39 Å². The number of benzene rings is 1. The summed E-state index contributed by atoms with van der Waals surface area (Å²) < 4.78 is 13.0. The minimum Gasteiger partial charge on any atom is -0.391 e. The first-order chi connectivity index (χ1) is 11.0. The van der Waals surface area contributed by atoms with E-state index in [1.807, 2.05) is 0 Å². The second kappa shape index (κ2) is 6.74. The Morgan fingerprint density at radius 1 is 1.43 bits per heavy atom. The molecule has 5 nitrogen and oxygen atoms in total. The Balaban J connectivity index is 1.70. The van der Waals surface area contributed by atoms with E-state index in [1.54, 1.807) is 19.1 Å². The summed E-state index contributed by atoms with van der Waals surface area (Å²) in [4.78, 5) is 17.3. The molecule has 7 heteroatoms. The van der Waals surface area contributed by atoms with Crippen LogP contribution in [-0.4, -0.2) is 41.7 Å². The van der Waals surface area contributed by atoms with Crippen molar-refractivity contribution in [2.24, 2.45) is 5.92 Å². The molecule has 2 heterocycles. The van der Waals surface area contributed by atoms with Crippen molar-refractivity contribution in [3.05, 3.63) is 40.7 Å². The summed E-state index contributed by atoms with van der Waals surface area (Å²) in [5, 5.41) is 16.4. The maximum atomic E-state index is 13.0. The van der Waals surface area contributed by atoms with Gasteiger partial charge in [-0.05, 0) is 31.2 Å². The van der Waals surface area contributed by atoms with Crippen LogP contribution in [0.2, 0.25) is 0 Å². The van der Waals surface area contributed by atoms with E-state index in [-0.39, 0.29) is 17.6 Å². The first kappa shape index (κ1) is 16.0. The number of nitrogens with one attached hydrogen (secondary N) is 2. The molecule has 0 saturated carbocycles. The molecule has 3 N–H and O–H groups in total. The largest absolute Gasteiger partial charge is 0.391 e. The molecule has 122 valence electrons. The lowest BCUT2D eigenvalue weighted by atomic mass is 10.1. The highest BCUT2D eigenvalue weighted by molar-refractivity contribution is 7.17. The van der Waals surface area contributed by atoms with E-state index in [2.05, 4.69) is 15.6 Å². The van der Waals surface area contributed by atoms with Crippen LogP contribution in [0.5, 0.6) is 0 Å². The van der Waals surface area contributed by atoms with Crippen molar-refractivity contribution in [2.45, 2.75) is 13.0 Å². The van der Waals surface area contributed by atoms with Crippen molar-refractivity contribution < 1.29 is 14.3 Å². The van der Waals surface area contributed by atoms with Crippen molar-refractivity contribution in [3.8, 4) is 10.6 Å². The highest BCUT2D eigenvalue weighted by Crippen LogP contribution is 2.28. The number of carbonyl (C=O) groups is 1. The summed E-state index contributed by atoms with van der Waals surface area (Å²) in [5.74, 6) is -0.458. The Labute approximate surface area is 137 Å². The number of thiazole rings is 1. The molecule has 1 aliphatic rings. The lowest BCUT2D eigenvalue weighted by Gasteiger charge is -2.13. The summed E-state index contributed by atoms with van der Waals surface area (Å²) in [6.45, 7) is 3.47. The number of hydrogen-bond acceptors (Lipinski definition) is 5. The molecule has 0 aliphatic carbocycles. The van der Waals surface area contributed by atoms with Crippen molar-refractivity contribution in [3.63, 3.8) is 0 Å². The van der Waals surface area contributed by atoms with Crippen LogP contribution in [-0.2, 0) is 0 Å². The van der Waals surface area contributed by atoms with E-state index < -0.39 is 6.10 Å². The summed E-state index contributed by atoms with van der Waals surface area (Å²) >= 11 is 1.29. The Morgan fingerprint density at radius 2 is 2.17 bits per heavy atom. The van der Waals surface area contributed by atoms with Crippen LogP contribution in [0.15, 0.2) is 24.3 Å². The Kier molecular flexibility index (Phi) is 4.70. The highest BCUT2D eigenvalue weighted by Gasteiger charge is 2.26. The van der Waals surface area contributed by atoms with E-state index >= 15 is 0 Å². The molecule has 1 aliphatic heterocycles. The zero-order valence-corrected chi connectivity index (χ0v) is 13.5. The second-order valence-corrected chi connectivity index (χ2v) is 6.64. The molecule has 23 heavy (non-hydrogen) atoms. The number of nitrogens with zero attached hydrogens (tertiary/aromatic N) is 1. The average molecular weight is 335 g/mol. The van der Waals surface area contributed by atoms with E-state index in [1.165, 1.54) is 23.5 Å². The quantitative estimate of drug-likeness (QED) is 0.793. The number of carbonyl (C=O) groups excluding carboxylic acids is 1. The zero-order chi connectivity index (χ0) is 16.4. The minimum absolute atomic E-state index is 0.0312. The summed E-state index contributed by atoms with van der Waals surface area (Å²) in [6.07, 6.45) is -0.423. The van der Waals surface area contributed by atoms with Gasteiger partial charge < -0.3 is 15.7 Å². The fraction of sp³-hybridized carbons (Fsp3) is 0.375. The highest BCUT2D eigenvalue weighted by atomic mass is 32.1. The van der Waals surface area contributed by atoms with Crippen molar-refractivity contribution in [1.29, 1.82) is 0 Å². The summed E-state index contributed by atoms with van der Waals surface area (Å²) in [5.41, 5.74) is 1.44. The number of aromatic nitrogens is 1. The van der Waals surface area contributed by atoms with Gasteiger partial charge in [0.15, 0.2) is 0 Å². The molecule has 2 atom stereocenters. The fourth-order valence-electron chi connectivity index (χ4n) is 2.55. The van der Waals surface area contributed by atoms with E-state index in [0.29, 0.717) is 35.2 Å². The number of β-amino-alcohol motifs (C(OH)–C–C–N with tert-alkyl or cyclic N) is 1. The Bertz CT molecular complexity index is 702. The lowest BCUT2D eigenvalue weighted by Crippen LogP contribution is -2.34. The maximum Gasteiger partial charge on any atom is 0.263 e. The third-order valence-corrected chi connectivity index (χ3v) is 5.13. The van der Waals surface area contributed by atoms with Crippen molar-refractivity contribution >= 4 is 17.2 Å². The molecule has 1 fully saturated rings. The van der Waals surface area contributed by atoms with Gasteiger partial charge in [-0.1, -0.05) is 0 Å². The number of amides is 1. The van der Waals surface area contributed by atoms with Crippen LogP contribution < -0.4 is 10.6 Å². The molecule has 3 rings (SSSR count). The smallest absolute Gasteiger partial charge is 0.263 e. The number of halogens is 1. The standard InChI is InChI=1S/C16H18FN3O2S/c1-9-14(15(22)19-7-11-6-18-8-13(11)21)23-16(20-9)10-2-4-12(17)5-3-10/h2-5,11,13,18,21H,6-8H2,1H3,(H,19,22). The molecule has 1 saturated heterocycles. The monoisotopic (exact) mass is 335 g/mol. The Morgan fingerprint density at radius 3 is 2.83 bits per heavy atom. The van der Waals surface area contributed by atoms with E-state index in [4.69, 9.17) is 0 Å². The molecule has 2 aromatic rings. The fourth-order valence-corrected chi connectivity index (χ4v) is 3.54. The molecule has 0 radical (unpaired) electrons. The van der Waals surface area contributed by atoms with Gasteiger partial charge in [-0.25, -0.2) is 9.37 Å². The van der Waals surface area contributed by atoms with E-state index in [9.17, 15) is 14.3 Å². The topological polar surface area (TPSA) is 74.2 Å². The van der Waals surface area contributed by atoms with Crippen LogP contribution in [0.1, 0.15) is 15.4 Å². The molecule has 2 unspecified atom stereocenters. The molecule has 1 amide bonds. The third-order valence-electron chi connectivity index (χ3n) is 3.92. The first-order valence-corrected chi connectivity index (χ1v) is 8.26. The van der Waals surface area contributed by atoms with Crippen LogP contribution >= 0.6 is 11.3 Å². The number of aliphatic hydroxyl groups is 1. The zero-order valence-electron chi connectivity index (χ0n) is 12.7. The van der Waals surface area contributed by atoms with Gasteiger partial charge >= 0.3 is 0 Å².